The standard InChI is InChI=1S/C15H21N3O2/c1-12(19)17-6-8-18(9-7-17)15(20)10-13-4-2-3-5-14(13)11-16/h2-5H,6-11,16H2,1H3. The van der Waals surface area contributed by atoms with Gasteiger partial charge in [-0.1, -0.05) is 24.3 Å². The number of carbonyl (C=O) groups is 2. The number of piperazine rings is 1. The Kier molecular flexibility index (Phi) is 4.74. The van der Waals surface area contributed by atoms with Crippen LogP contribution in [0.25, 0.3) is 0 Å². The summed E-state index contributed by atoms with van der Waals surface area (Å²) in [6.45, 7) is 4.49. The summed E-state index contributed by atoms with van der Waals surface area (Å²) < 4.78 is 0. The lowest BCUT2D eigenvalue weighted by Crippen LogP contribution is -2.50. The van der Waals surface area contributed by atoms with Crippen molar-refractivity contribution in [2.45, 2.75) is 19.9 Å². The topological polar surface area (TPSA) is 66.6 Å². The summed E-state index contributed by atoms with van der Waals surface area (Å²) in [6, 6.07) is 7.76. The number of carbonyl (C=O) groups excluding carboxylic acids is 2. The van der Waals surface area contributed by atoms with Gasteiger partial charge in [0.25, 0.3) is 0 Å². The zero-order chi connectivity index (χ0) is 14.5. The van der Waals surface area contributed by atoms with Crippen LogP contribution in [0.4, 0.5) is 0 Å². The molecule has 1 aromatic carbocycles. The van der Waals surface area contributed by atoms with E-state index in [2.05, 4.69) is 0 Å². The number of benzene rings is 1. The maximum absolute atomic E-state index is 12.3. The van der Waals surface area contributed by atoms with Crippen LogP contribution in [-0.2, 0) is 22.6 Å². The van der Waals surface area contributed by atoms with Crippen LogP contribution in [0.5, 0.6) is 0 Å². The Hall–Kier alpha value is -1.88. The van der Waals surface area contributed by atoms with E-state index in [1.807, 2.05) is 29.2 Å². The van der Waals surface area contributed by atoms with E-state index in [4.69, 9.17) is 5.73 Å². The minimum absolute atomic E-state index is 0.0746. The Labute approximate surface area is 119 Å². The maximum atomic E-state index is 12.3. The smallest absolute Gasteiger partial charge is 0.227 e. The zero-order valence-electron chi connectivity index (χ0n) is 11.8. The van der Waals surface area contributed by atoms with E-state index in [9.17, 15) is 9.59 Å². The van der Waals surface area contributed by atoms with E-state index < -0.39 is 0 Å². The second kappa shape index (κ2) is 6.52. The van der Waals surface area contributed by atoms with E-state index in [1.54, 1.807) is 11.8 Å². The number of nitrogens with zero attached hydrogens (tertiary/aromatic N) is 2. The van der Waals surface area contributed by atoms with Gasteiger partial charge < -0.3 is 15.5 Å². The summed E-state index contributed by atoms with van der Waals surface area (Å²) in [5.74, 6) is 0.180. The number of nitrogens with two attached hydrogens (primary N) is 1. The molecule has 1 aliphatic rings. The molecule has 1 aliphatic heterocycles. The van der Waals surface area contributed by atoms with Gasteiger partial charge in [0, 0.05) is 39.6 Å². The van der Waals surface area contributed by atoms with Crippen LogP contribution < -0.4 is 5.73 Å². The number of rotatable bonds is 3. The predicted octanol–water partition coefficient (Wildman–Crippen LogP) is 0.378. The normalized spacial score (nSPS) is 15.3. The molecule has 0 atom stereocenters. The van der Waals surface area contributed by atoms with Crippen LogP contribution in [0.15, 0.2) is 24.3 Å². The Morgan fingerprint density at radius 3 is 2.15 bits per heavy atom. The molecule has 2 N–H and O–H groups in total. The minimum Gasteiger partial charge on any atom is -0.339 e. The average Bonchev–Trinajstić information content (AvgIpc) is 2.48. The highest BCUT2D eigenvalue weighted by Crippen LogP contribution is 2.11. The van der Waals surface area contributed by atoms with Gasteiger partial charge in [0.1, 0.15) is 0 Å². The molecule has 2 rings (SSSR count). The highest BCUT2D eigenvalue weighted by Gasteiger charge is 2.22. The van der Waals surface area contributed by atoms with Crippen molar-refractivity contribution in [3.8, 4) is 0 Å². The maximum Gasteiger partial charge on any atom is 0.227 e. The molecule has 1 fully saturated rings. The Bertz CT molecular complexity index is 494. The van der Waals surface area contributed by atoms with Gasteiger partial charge in [-0.25, -0.2) is 0 Å². The Balaban J connectivity index is 1.94. The largest absolute Gasteiger partial charge is 0.339 e. The van der Waals surface area contributed by atoms with Gasteiger partial charge in [-0.05, 0) is 11.1 Å². The highest BCUT2D eigenvalue weighted by molar-refractivity contribution is 5.80. The van der Waals surface area contributed by atoms with Gasteiger partial charge in [-0.3, -0.25) is 9.59 Å². The molecule has 5 heteroatoms. The van der Waals surface area contributed by atoms with Crippen molar-refractivity contribution in [3.05, 3.63) is 35.4 Å². The molecule has 5 nitrogen and oxygen atoms in total. The van der Waals surface area contributed by atoms with Crippen LogP contribution in [0.3, 0.4) is 0 Å². The second-order valence-electron chi connectivity index (χ2n) is 5.04. The van der Waals surface area contributed by atoms with Crippen LogP contribution in [0.2, 0.25) is 0 Å². The lowest BCUT2D eigenvalue weighted by molar-refractivity contribution is -0.138. The number of hydrogen-bond donors (Lipinski definition) is 1. The molecule has 2 amide bonds. The monoisotopic (exact) mass is 275 g/mol. The van der Waals surface area contributed by atoms with E-state index in [0.29, 0.717) is 39.1 Å². The fourth-order valence-corrected chi connectivity index (χ4v) is 2.47. The summed E-state index contributed by atoms with van der Waals surface area (Å²) in [5, 5.41) is 0. The second-order valence-corrected chi connectivity index (χ2v) is 5.04. The van der Waals surface area contributed by atoms with Gasteiger partial charge >= 0.3 is 0 Å². The predicted molar refractivity (Wildman–Crippen MR) is 76.9 cm³/mol. The molecule has 0 radical (unpaired) electrons. The molecule has 0 aromatic heterocycles. The van der Waals surface area contributed by atoms with E-state index in [-0.39, 0.29) is 11.8 Å². The first-order valence-electron chi connectivity index (χ1n) is 6.92. The SMILES string of the molecule is CC(=O)N1CCN(C(=O)Cc2ccccc2CN)CC1. The quantitative estimate of drug-likeness (QED) is 0.867. The van der Waals surface area contributed by atoms with Gasteiger partial charge in [-0.2, -0.15) is 0 Å². The molecular formula is C15H21N3O2. The van der Waals surface area contributed by atoms with Gasteiger partial charge in [-0.15, -0.1) is 0 Å². The third-order valence-electron chi connectivity index (χ3n) is 3.76. The summed E-state index contributed by atoms with van der Waals surface area (Å²) >= 11 is 0. The van der Waals surface area contributed by atoms with Crippen LogP contribution in [0, 0.1) is 0 Å². The third kappa shape index (κ3) is 3.36. The van der Waals surface area contributed by atoms with Crippen molar-refractivity contribution >= 4 is 11.8 Å². The molecular weight excluding hydrogens is 254 g/mol. The first-order chi connectivity index (χ1) is 9.61. The summed E-state index contributed by atoms with van der Waals surface area (Å²) in [5.41, 5.74) is 7.70. The van der Waals surface area contributed by atoms with Crippen molar-refractivity contribution in [3.63, 3.8) is 0 Å². The fraction of sp³-hybridized carbons (Fsp3) is 0.467. The Morgan fingerprint density at radius 2 is 1.60 bits per heavy atom. The zero-order valence-corrected chi connectivity index (χ0v) is 11.8. The minimum atomic E-state index is 0.0746. The molecule has 1 heterocycles. The third-order valence-corrected chi connectivity index (χ3v) is 3.76. The lowest BCUT2D eigenvalue weighted by Gasteiger charge is -2.34. The van der Waals surface area contributed by atoms with E-state index >= 15 is 0 Å². The molecule has 108 valence electrons. The highest BCUT2D eigenvalue weighted by atomic mass is 16.2. The fourth-order valence-electron chi connectivity index (χ4n) is 2.47. The van der Waals surface area contributed by atoms with E-state index in [1.165, 1.54) is 0 Å². The van der Waals surface area contributed by atoms with Crippen LogP contribution in [-0.4, -0.2) is 47.8 Å². The Morgan fingerprint density at radius 1 is 1.05 bits per heavy atom. The van der Waals surface area contributed by atoms with E-state index in [0.717, 1.165) is 11.1 Å². The molecule has 0 spiro atoms. The first-order valence-corrected chi connectivity index (χ1v) is 6.92. The molecule has 1 saturated heterocycles. The van der Waals surface area contributed by atoms with Crippen molar-refractivity contribution in [1.82, 2.24) is 9.80 Å². The first kappa shape index (κ1) is 14.5. The van der Waals surface area contributed by atoms with Gasteiger partial charge in [0.05, 0.1) is 6.42 Å². The van der Waals surface area contributed by atoms with Crippen LogP contribution >= 0.6 is 0 Å². The van der Waals surface area contributed by atoms with Gasteiger partial charge in [0.15, 0.2) is 0 Å². The summed E-state index contributed by atoms with van der Waals surface area (Å²) in [7, 11) is 0. The molecule has 0 unspecified atom stereocenters. The molecule has 0 saturated carbocycles. The molecule has 20 heavy (non-hydrogen) atoms. The molecule has 0 aliphatic carbocycles. The number of amides is 2. The summed E-state index contributed by atoms with van der Waals surface area (Å²) in [6.07, 6.45) is 0.382. The van der Waals surface area contributed by atoms with Gasteiger partial charge in [0.2, 0.25) is 11.8 Å². The van der Waals surface area contributed by atoms with Crippen molar-refractivity contribution < 1.29 is 9.59 Å². The average molecular weight is 275 g/mol. The number of hydrogen-bond acceptors (Lipinski definition) is 3. The van der Waals surface area contributed by atoms with Crippen molar-refractivity contribution in [1.29, 1.82) is 0 Å². The lowest BCUT2D eigenvalue weighted by atomic mass is 10.0. The summed E-state index contributed by atoms with van der Waals surface area (Å²) in [4.78, 5) is 27.2. The molecule has 1 aromatic rings. The van der Waals surface area contributed by atoms with Crippen molar-refractivity contribution in [2.24, 2.45) is 5.73 Å². The van der Waals surface area contributed by atoms with Crippen molar-refractivity contribution in [2.75, 3.05) is 26.2 Å². The van der Waals surface area contributed by atoms with Crippen LogP contribution in [0.1, 0.15) is 18.1 Å². The molecule has 0 bridgehead atoms.